The van der Waals surface area contributed by atoms with E-state index >= 15 is 0 Å². The molecule has 0 N–H and O–H groups in total. The SMILES string of the molecule is [CH]C(CC(C)c1ccccc1)c1ccccc1. The van der Waals surface area contributed by atoms with Crippen LogP contribution in [-0.4, -0.2) is 0 Å². The molecule has 0 bridgehead atoms. The first kappa shape index (κ1) is 11.9. The first-order valence-electron chi connectivity index (χ1n) is 6.13. The average molecular weight is 222 g/mol. The average Bonchev–Trinajstić information content (AvgIpc) is 2.40. The summed E-state index contributed by atoms with van der Waals surface area (Å²) in [6.07, 6.45) is 0.980. The van der Waals surface area contributed by atoms with Crippen molar-refractivity contribution in [3.63, 3.8) is 0 Å². The summed E-state index contributed by atoms with van der Waals surface area (Å²) in [5, 5.41) is 0. The van der Waals surface area contributed by atoms with E-state index in [1.165, 1.54) is 11.1 Å². The lowest BCUT2D eigenvalue weighted by Gasteiger charge is -2.17. The molecule has 17 heavy (non-hydrogen) atoms. The van der Waals surface area contributed by atoms with Gasteiger partial charge in [0.25, 0.3) is 0 Å². The molecule has 2 aromatic carbocycles. The molecule has 2 rings (SSSR count). The summed E-state index contributed by atoms with van der Waals surface area (Å²) in [5.41, 5.74) is 2.58. The zero-order valence-electron chi connectivity index (χ0n) is 10.2. The monoisotopic (exact) mass is 222 g/mol. The van der Waals surface area contributed by atoms with E-state index in [-0.39, 0.29) is 5.92 Å². The van der Waals surface area contributed by atoms with Crippen LogP contribution in [0.15, 0.2) is 60.7 Å². The second-order valence-electron chi connectivity index (χ2n) is 4.56. The van der Waals surface area contributed by atoms with Crippen molar-refractivity contribution >= 4 is 0 Å². The van der Waals surface area contributed by atoms with Crippen molar-refractivity contribution in [1.29, 1.82) is 0 Å². The maximum atomic E-state index is 6.23. The van der Waals surface area contributed by atoms with Gasteiger partial charge in [0.2, 0.25) is 0 Å². The molecule has 0 aromatic heterocycles. The zero-order valence-corrected chi connectivity index (χ0v) is 10.2. The third-order valence-corrected chi connectivity index (χ3v) is 3.20. The Morgan fingerprint density at radius 2 is 1.29 bits per heavy atom. The molecule has 0 aliphatic rings. The van der Waals surface area contributed by atoms with Crippen LogP contribution in [0.25, 0.3) is 0 Å². The summed E-state index contributed by atoms with van der Waals surface area (Å²) in [6.45, 7) is 8.47. The molecule has 2 atom stereocenters. The van der Waals surface area contributed by atoms with Gasteiger partial charge in [-0.25, -0.2) is 0 Å². The highest BCUT2D eigenvalue weighted by atomic mass is 14.2. The maximum absolute atomic E-state index is 6.23. The molecule has 0 aliphatic carbocycles. The summed E-state index contributed by atoms with van der Waals surface area (Å²) < 4.78 is 0. The van der Waals surface area contributed by atoms with E-state index in [1.807, 2.05) is 24.3 Å². The third-order valence-electron chi connectivity index (χ3n) is 3.20. The largest absolute Gasteiger partial charge is 0.0622 e. The predicted octanol–water partition coefficient (Wildman–Crippen LogP) is 4.68. The van der Waals surface area contributed by atoms with Gasteiger partial charge >= 0.3 is 0 Å². The van der Waals surface area contributed by atoms with Gasteiger partial charge in [-0.15, -0.1) is 0 Å². The molecule has 86 valence electrons. The molecule has 0 saturated carbocycles. The van der Waals surface area contributed by atoms with Crippen molar-refractivity contribution in [2.24, 2.45) is 0 Å². The summed E-state index contributed by atoms with van der Waals surface area (Å²) >= 11 is 0. The van der Waals surface area contributed by atoms with E-state index in [0.29, 0.717) is 5.92 Å². The highest BCUT2D eigenvalue weighted by Gasteiger charge is 2.11. The van der Waals surface area contributed by atoms with Crippen LogP contribution in [0.3, 0.4) is 0 Å². The van der Waals surface area contributed by atoms with Crippen molar-refractivity contribution in [3.05, 3.63) is 78.7 Å². The lowest BCUT2D eigenvalue weighted by molar-refractivity contribution is 0.627. The molecule has 2 radical (unpaired) electrons. The Labute approximate surface area is 104 Å². The Morgan fingerprint density at radius 3 is 1.82 bits per heavy atom. The number of benzene rings is 2. The predicted molar refractivity (Wildman–Crippen MR) is 73.0 cm³/mol. The van der Waals surface area contributed by atoms with Crippen LogP contribution in [0.5, 0.6) is 0 Å². The van der Waals surface area contributed by atoms with Crippen LogP contribution in [-0.2, 0) is 0 Å². The quantitative estimate of drug-likeness (QED) is 0.705. The normalized spacial score (nSPS) is 14.2. The van der Waals surface area contributed by atoms with Crippen molar-refractivity contribution in [2.45, 2.75) is 25.2 Å². The summed E-state index contributed by atoms with van der Waals surface area (Å²) in [6, 6.07) is 20.9. The van der Waals surface area contributed by atoms with Crippen LogP contribution >= 0.6 is 0 Å². The van der Waals surface area contributed by atoms with E-state index in [1.54, 1.807) is 0 Å². The van der Waals surface area contributed by atoms with E-state index in [4.69, 9.17) is 6.92 Å². The van der Waals surface area contributed by atoms with E-state index in [0.717, 1.165) is 6.42 Å². The Bertz CT molecular complexity index is 387. The molecule has 0 nitrogen and oxygen atoms in total. The second kappa shape index (κ2) is 5.67. The lowest BCUT2D eigenvalue weighted by atomic mass is 9.87. The molecule has 2 aromatic rings. The zero-order chi connectivity index (χ0) is 12.1. The Balaban J connectivity index is 2.02. The molecule has 0 aliphatic heterocycles. The molecule has 2 unspecified atom stereocenters. The fourth-order valence-electron chi connectivity index (χ4n) is 2.13. The standard InChI is InChI=1S/C17H18/c1-14(16-9-5-3-6-10-16)13-15(2)17-11-7-4-8-12-17/h1,3-12,14-15H,13H2,2H3. The van der Waals surface area contributed by atoms with Gasteiger partial charge in [0.15, 0.2) is 0 Å². The first-order chi connectivity index (χ1) is 8.27. The molecule has 0 saturated heterocycles. The Kier molecular flexibility index (Phi) is 3.98. The van der Waals surface area contributed by atoms with Crippen LogP contribution in [0.1, 0.15) is 36.3 Å². The molecular formula is C17H18. The third kappa shape index (κ3) is 3.20. The number of rotatable bonds is 4. The summed E-state index contributed by atoms with van der Waals surface area (Å²) in [4.78, 5) is 0. The van der Waals surface area contributed by atoms with Crippen LogP contribution in [0.2, 0.25) is 0 Å². The minimum Gasteiger partial charge on any atom is -0.0622 e. The van der Waals surface area contributed by atoms with Gasteiger partial charge < -0.3 is 0 Å². The highest BCUT2D eigenvalue weighted by Crippen LogP contribution is 2.28. The van der Waals surface area contributed by atoms with Crippen molar-refractivity contribution in [3.8, 4) is 0 Å². The van der Waals surface area contributed by atoms with Crippen molar-refractivity contribution in [2.75, 3.05) is 0 Å². The Morgan fingerprint density at radius 1 is 0.824 bits per heavy atom. The molecule has 0 amide bonds. The maximum Gasteiger partial charge on any atom is -0.0122 e. The molecular weight excluding hydrogens is 204 g/mol. The van der Waals surface area contributed by atoms with Crippen molar-refractivity contribution in [1.82, 2.24) is 0 Å². The molecule has 0 spiro atoms. The minimum atomic E-state index is 0.117. The number of hydrogen-bond acceptors (Lipinski definition) is 0. The van der Waals surface area contributed by atoms with Gasteiger partial charge in [0, 0.05) is 0 Å². The molecule has 0 heterocycles. The van der Waals surface area contributed by atoms with Gasteiger partial charge in [-0.05, 0) is 36.3 Å². The van der Waals surface area contributed by atoms with Crippen LogP contribution < -0.4 is 0 Å². The van der Waals surface area contributed by atoms with Gasteiger partial charge in [-0.2, -0.15) is 0 Å². The van der Waals surface area contributed by atoms with Crippen LogP contribution in [0.4, 0.5) is 0 Å². The molecule has 0 fully saturated rings. The first-order valence-corrected chi connectivity index (χ1v) is 6.13. The van der Waals surface area contributed by atoms with Gasteiger partial charge in [-0.3, -0.25) is 0 Å². The van der Waals surface area contributed by atoms with Crippen molar-refractivity contribution < 1.29 is 0 Å². The minimum absolute atomic E-state index is 0.117. The molecule has 0 heteroatoms. The van der Waals surface area contributed by atoms with Gasteiger partial charge in [-0.1, -0.05) is 67.6 Å². The summed E-state index contributed by atoms with van der Waals surface area (Å²) in [7, 11) is 0. The van der Waals surface area contributed by atoms with E-state index in [9.17, 15) is 0 Å². The fraction of sp³-hybridized carbons (Fsp3) is 0.235. The van der Waals surface area contributed by atoms with E-state index < -0.39 is 0 Å². The lowest BCUT2D eigenvalue weighted by Crippen LogP contribution is -2.01. The smallest absolute Gasteiger partial charge is 0.0122 e. The number of hydrogen-bond donors (Lipinski definition) is 0. The highest BCUT2D eigenvalue weighted by molar-refractivity contribution is 5.23. The topological polar surface area (TPSA) is 0 Å². The van der Waals surface area contributed by atoms with E-state index in [2.05, 4.69) is 43.3 Å². The van der Waals surface area contributed by atoms with Gasteiger partial charge in [0.05, 0.1) is 0 Å². The van der Waals surface area contributed by atoms with Gasteiger partial charge in [0.1, 0.15) is 0 Å². The van der Waals surface area contributed by atoms with Crippen LogP contribution in [0, 0.1) is 6.92 Å². The Hall–Kier alpha value is -1.56. The fourth-order valence-corrected chi connectivity index (χ4v) is 2.13. The summed E-state index contributed by atoms with van der Waals surface area (Å²) in [5.74, 6) is 0.609. The second-order valence-corrected chi connectivity index (χ2v) is 4.56.